The highest BCUT2D eigenvalue weighted by molar-refractivity contribution is 5.81. The van der Waals surface area contributed by atoms with Crippen LogP contribution in [0.2, 0.25) is 0 Å². The Bertz CT molecular complexity index is 605. The van der Waals surface area contributed by atoms with E-state index in [9.17, 15) is 4.79 Å². The third-order valence-electron chi connectivity index (χ3n) is 5.87. The Morgan fingerprint density at radius 2 is 1.92 bits per heavy atom. The first-order chi connectivity index (χ1) is 12.6. The molecule has 1 aromatic carbocycles. The van der Waals surface area contributed by atoms with Crippen LogP contribution in [0.25, 0.3) is 0 Å². The first-order valence-electron chi connectivity index (χ1n) is 9.97. The molecule has 0 aromatic heterocycles. The highest BCUT2D eigenvalue weighted by atomic mass is 16.5. The lowest BCUT2D eigenvalue weighted by Gasteiger charge is -2.37. The summed E-state index contributed by atoms with van der Waals surface area (Å²) in [7, 11) is 1.73. The zero-order chi connectivity index (χ0) is 18.5. The van der Waals surface area contributed by atoms with E-state index in [2.05, 4.69) is 40.2 Å². The van der Waals surface area contributed by atoms with Crippen LogP contribution >= 0.6 is 0 Å². The maximum atomic E-state index is 12.5. The largest absolute Gasteiger partial charge is 0.496 e. The van der Waals surface area contributed by atoms with Crippen molar-refractivity contribution in [2.24, 2.45) is 0 Å². The summed E-state index contributed by atoms with van der Waals surface area (Å²) < 4.78 is 5.51. The first-order valence-corrected chi connectivity index (χ1v) is 9.97. The minimum absolute atomic E-state index is 0.0359. The summed E-state index contributed by atoms with van der Waals surface area (Å²) in [5.41, 5.74) is 2.50. The van der Waals surface area contributed by atoms with Crippen LogP contribution in [0, 0.1) is 6.92 Å². The Labute approximate surface area is 157 Å². The first kappa shape index (κ1) is 19.2. The molecule has 1 aromatic rings. The number of hydrogen-bond donors (Lipinski definition) is 1. The Morgan fingerprint density at radius 1 is 1.23 bits per heavy atom. The van der Waals surface area contributed by atoms with E-state index in [1.54, 1.807) is 7.11 Å². The van der Waals surface area contributed by atoms with E-state index in [0.717, 1.165) is 51.3 Å². The van der Waals surface area contributed by atoms with E-state index in [4.69, 9.17) is 4.74 Å². The topological polar surface area (TPSA) is 44.8 Å². The van der Waals surface area contributed by atoms with Crippen molar-refractivity contribution in [1.82, 2.24) is 15.1 Å². The second-order valence-corrected chi connectivity index (χ2v) is 7.79. The van der Waals surface area contributed by atoms with Crippen LogP contribution in [0.1, 0.15) is 43.7 Å². The van der Waals surface area contributed by atoms with E-state index in [1.807, 2.05) is 6.92 Å². The van der Waals surface area contributed by atoms with Crippen LogP contribution < -0.4 is 10.1 Å². The zero-order valence-electron chi connectivity index (χ0n) is 16.5. The van der Waals surface area contributed by atoms with Crippen molar-refractivity contribution in [3.63, 3.8) is 0 Å². The molecule has 144 valence electrons. The van der Waals surface area contributed by atoms with Gasteiger partial charge in [-0.2, -0.15) is 0 Å². The number of piperazine rings is 1. The molecule has 2 fully saturated rings. The van der Waals surface area contributed by atoms with Gasteiger partial charge in [-0.1, -0.05) is 30.5 Å². The highest BCUT2D eigenvalue weighted by Gasteiger charge is 2.27. The van der Waals surface area contributed by atoms with E-state index < -0.39 is 0 Å². The Morgan fingerprint density at radius 3 is 2.58 bits per heavy atom. The number of carbonyl (C=O) groups is 1. The smallest absolute Gasteiger partial charge is 0.237 e. The highest BCUT2D eigenvalue weighted by Crippen LogP contribution is 2.22. The maximum Gasteiger partial charge on any atom is 0.237 e. The van der Waals surface area contributed by atoms with Gasteiger partial charge in [-0.25, -0.2) is 0 Å². The number of hydrogen-bond acceptors (Lipinski definition) is 4. The number of nitrogens with one attached hydrogen (secondary N) is 1. The van der Waals surface area contributed by atoms with Crippen molar-refractivity contribution in [2.45, 2.75) is 58.2 Å². The number of carbonyl (C=O) groups excluding carboxylic acids is 1. The summed E-state index contributed by atoms with van der Waals surface area (Å²) in [6.45, 7) is 8.91. The van der Waals surface area contributed by atoms with Crippen LogP contribution in [-0.4, -0.2) is 61.1 Å². The molecule has 1 aliphatic carbocycles. The Hall–Kier alpha value is -1.59. The lowest BCUT2D eigenvalue weighted by Crippen LogP contribution is -2.54. The van der Waals surface area contributed by atoms with Crippen LogP contribution in [-0.2, 0) is 11.3 Å². The Balaban J connectivity index is 1.49. The molecule has 1 amide bonds. The molecule has 1 heterocycles. The van der Waals surface area contributed by atoms with Crippen molar-refractivity contribution in [3.05, 3.63) is 29.3 Å². The fraction of sp³-hybridized carbons (Fsp3) is 0.667. The van der Waals surface area contributed by atoms with E-state index >= 15 is 0 Å². The van der Waals surface area contributed by atoms with E-state index in [1.165, 1.54) is 24.0 Å². The Kier molecular flexibility index (Phi) is 6.54. The molecule has 1 saturated carbocycles. The normalized spacial score (nSPS) is 20.9. The van der Waals surface area contributed by atoms with Crippen molar-refractivity contribution in [2.75, 3.05) is 33.3 Å². The number of methoxy groups -OCH3 is 1. The van der Waals surface area contributed by atoms with Gasteiger partial charge in [0, 0.05) is 44.3 Å². The average Bonchev–Trinajstić information content (AvgIpc) is 3.15. The molecule has 0 radical (unpaired) electrons. The molecule has 1 N–H and O–H groups in total. The molecule has 0 spiro atoms. The minimum Gasteiger partial charge on any atom is -0.496 e. The van der Waals surface area contributed by atoms with Crippen molar-refractivity contribution in [3.8, 4) is 5.75 Å². The lowest BCUT2D eigenvalue weighted by molar-refractivity contribution is -0.127. The molecule has 3 rings (SSSR count). The number of amides is 1. The third kappa shape index (κ3) is 4.77. The van der Waals surface area contributed by atoms with Crippen molar-refractivity contribution in [1.29, 1.82) is 0 Å². The maximum absolute atomic E-state index is 12.5. The monoisotopic (exact) mass is 359 g/mol. The van der Waals surface area contributed by atoms with Crippen LogP contribution in [0.5, 0.6) is 5.75 Å². The molecule has 2 aliphatic rings. The lowest BCUT2D eigenvalue weighted by atomic mass is 10.1. The molecule has 26 heavy (non-hydrogen) atoms. The van der Waals surface area contributed by atoms with Gasteiger partial charge in [0.2, 0.25) is 5.91 Å². The molecular formula is C21H33N3O2. The van der Waals surface area contributed by atoms with Gasteiger partial charge in [0.15, 0.2) is 0 Å². The predicted molar refractivity (Wildman–Crippen MR) is 104 cm³/mol. The standard InChI is InChI=1S/C21H33N3O2/c1-16-8-9-20(26-3)18(14-16)15-23-10-12-24(13-11-23)17(2)21(25)22-19-6-4-5-7-19/h8-9,14,17,19H,4-7,10-13,15H2,1-3H3,(H,22,25)/t17-/m0/s1. The van der Waals surface area contributed by atoms with Gasteiger partial charge >= 0.3 is 0 Å². The number of aryl methyl sites for hydroxylation is 1. The van der Waals surface area contributed by atoms with E-state index in [0.29, 0.717) is 6.04 Å². The van der Waals surface area contributed by atoms with Crippen LogP contribution in [0.4, 0.5) is 0 Å². The van der Waals surface area contributed by atoms with Crippen LogP contribution in [0.3, 0.4) is 0 Å². The SMILES string of the molecule is COc1ccc(C)cc1CN1CCN([C@@H](C)C(=O)NC2CCCC2)CC1. The number of ether oxygens (including phenoxy) is 1. The quantitative estimate of drug-likeness (QED) is 0.848. The van der Waals surface area contributed by atoms with Gasteiger partial charge in [-0.15, -0.1) is 0 Å². The summed E-state index contributed by atoms with van der Waals surface area (Å²) in [5, 5.41) is 3.24. The summed E-state index contributed by atoms with van der Waals surface area (Å²) in [6, 6.07) is 6.72. The van der Waals surface area contributed by atoms with Gasteiger partial charge in [0.25, 0.3) is 0 Å². The third-order valence-corrected chi connectivity index (χ3v) is 5.87. The summed E-state index contributed by atoms with van der Waals surface area (Å²) >= 11 is 0. The second-order valence-electron chi connectivity index (χ2n) is 7.79. The van der Waals surface area contributed by atoms with Gasteiger partial charge < -0.3 is 10.1 Å². The van der Waals surface area contributed by atoms with Crippen molar-refractivity contribution >= 4 is 5.91 Å². The molecule has 5 nitrogen and oxygen atoms in total. The molecule has 5 heteroatoms. The molecular weight excluding hydrogens is 326 g/mol. The summed E-state index contributed by atoms with van der Waals surface area (Å²) in [6.07, 6.45) is 4.79. The zero-order valence-corrected chi connectivity index (χ0v) is 16.5. The number of nitrogens with zero attached hydrogens (tertiary/aromatic N) is 2. The number of rotatable bonds is 6. The fourth-order valence-electron chi connectivity index (χ4n) is 4.14. The molecule has 0 bridgehead atoms. The number of benzene rings is 1. The van der Waals surface area contributed by atoms with E-state index in [-0.39, 0.29) is 11.9 Å². The second kappa shape index (κ2) is 8.87. The molecule has 0 unspecified atom stereocenters. The van der Waals surface area contributed by atoms with Gasteiger partial charge in [0.1, 0.15) is 5.75 Å². The van der Waals surface area contributed by atoms with Gasteiger partial charge in [-0.3, -0.25) is 14.6 Å². The van der Waals surface area contributed by atoms with Gasteiger partial charge in [-0.05, 0) is 32.8 Å². The van der Waals surface area contributed by atoms with Crippen molar-refractivity contribution < 1.29 is 9.53 Å². The summed E-state index contributed by atoms with van der Waals surface area (Å²) in [4.78, 5) is 17.3. The molecule has 1 aliphatic heterocycles. The molecule has 1 saturated heterocycles. The summed E-state index contributed by atoms with van der Waals surface area (Å²) in [5.74, 6) is 1.16. The predicted octanol–water partition coefficient (Wildman–Crippen LogP) is 2.57. The average molecular weight is 360 g/mol. The minimum atomic E-state index is -0.0359. The van der Waals surface area contributed by atoms with Crippen LogP contribution in [0.15, 0.2) is 18.2 Å². The fourth-order valence-corrected chi connectivity index (χ4v) is 4.14. The van der Waals surface area contributed by atoms with Gasteiger partial charge in [0.05, 0.1) is 13.2 Å². The molecule has 1 atom stereocenters.